The molecule has 0 saturated carbocycles. The van der Waals surface area contributed by atoms with Crippen molar-refractivity contribution in [1.29, 1.82) is 0 Å². The molecule has 0 aliphatic rings. The molecule has 3 N–H and O–H groups in total. The largest absolute Gasteiger partial charge is 0.336 e. The van der Waals surface area contributed by atoms with Crippen LogP contribution in [0.2, 0.25) is 0 Å². The van der Waals surface area contributed by atoms with Crippen molar-refractivity contribution >= 4 is 22.9 Å². The molecule has 0 fully saturated rings. The van der Waals surface area contributed by atoms with Gasteiger partial charge in [-0.15, -0.1) is 0 Å². The highest BCUT2D eigenvalue weighted by molar-refractivity contribution is 7.07. The zero-order chi connectivity index (χ0) is 15.4. The molecular formula is C14H19N5OS. The molecule has 0 atom stereocenters. The fourth-order valence-corrected chi connectivity index (χ4v) is 2.51. The van der Waals surface area contributed by atoms with Gasteiger partial charge in [-0.3, -0.25) is 10.6 Å². The number of aromatic nitrogens is 2. The SMILES string of the molecule is CC(C)c1ncc(NN)c(C(=O)N(C)Cc2ccsc2)n1. The number of amides is 1. The van der Waals surface area contributed by atoms with E-state index in [0.717, 1.165) is 5.56 Å². The van der Waals surface area contributed by atoms with Gasteiger partial charge in [-0.25, -0.2) is 9.97 Å². The number of hydrogen-bond donors (Lipinski definition) is 2. The van der Waals surface area contributed by atoms with Gasteiger partial charge in [0, 0.05) is 19.5 Å². The lowest BCUT2D eigenvalue weighted by Crippen LogP contribution is -2.29. The van der Waals surface area contributed by atoms with Crippen LogP contribution in [0.1, 0.15) is 41.6 Å². The molecule has 7 heteroatoms. The van der Waals surface area contributed by atoms with E-state index in [1.807, 2.05) is 30.7 Å². The van der Waals surface area contributed by atoms with Crippen molar-refractivity contribution in [1.82, 2.24) is 14.9 Å². The summed E-state index contributed by atoms with van der Waals surface area (Å²) >= 11 is 1.61. The number of anilines is 1. The molecule has 2 rings (SSSR count). The van der Waals surface area contributed by atoms with Crippen LogP contribution in [0.4, 0.5) is 5.69 Å². The van der Waals surface area contributed by atoms with Gasteiger partial charge in [0.2, 0.25) is 0 Å². The maximum absolute atomic E-state index is 12.6. The molecule has 2 heterocycles. The average Bonchev–Trinajstić information content (AvgIpc) is 2.98. The number of nitrogens with zero attached hydrogens (tertiary/aromatic N) is 3. The van der Waals surface area contributed by atoms with Crippen LogP contribution in [0.5, 0.6) is 0 Å². The lowest BCUT2D eigenvalue weighted by Gasteiger charge is -2.18. The molecule has 0 aliphatic carbocycles. The van der Waals surface area contributed by atoms with E-state index < -0.39 is 0 Å². The Bertz CT molecular complexity index is 612. The number of carbonyl (C=O) groups is 1. The zero-order valence-electron chi connectivity index (χ0n) is 12.3. The first-order valence-corrected chi connectivity index (χ1v) is 7.57. The van der Waals surface area contributed by atoms with Crippen LogP contribution in [0.25, 0.3) is 0 Å². The minimum atomic E-state index is -0.182. The standard InChI is InChI=1S/C14H19N5OS/c1-9(2)13-16-6-11(18-15)12(17-13)14(20)19(3)7-10-4-5-21-8-10/h4-6,8-9,18H,7,15H2,1-3H3. The van der Waals surface area contributed by atoms with E-state index in [-0.39, 0.29) is 11.8 Å². The number of carbonyl (C=O) groups excluding carboxylic acids is 1. The molecule has 0 radical (unpaired) electrons. The van der Waals surface area contributed by atoms with Crippen LogP contribution >= 0.6 is 11.3 Å². The first kappa shape index (κ1) is 15.4. The second-order valence-corrected chi connectivity index (χ2v) is 5.86. The van der Waals surface area contributed by atoms with Crippen LogP contribution < -0.4 is 11.3 Å². The normalized spacial score (nSPS) is 10.7. The molecule has 0 saturated heterocycles. The van der Waals surface area contributed by atoms with E-state index >= 15 is 0 Å². The van der Waals surface area contributed by atoms with Crippen LogP contribution in [0.15, 0.2) is 23.0 Å². The Morgan fingerprint density at radius 2 is 2.29 bits per heavy atom. The molecule has 1 amide bonds. The predicted octanol–water partition coefficient (Wildman–Crippen LogP) is 2.22. The van der Waals surface area contributed by atoms with Gasteiger partial charge in [0.1, 0.15) is 5.82 Å². The Balaban J connectivity index is 2.26. The number of thiophene rings is 1. The van der Waals surface area contributed by atoms with Crippen molar-refractivity contribution in [2.45, 2.75) is 26.3 Å². The van der Waals surface area contributed by atoms with Crippen molar-refractivity contribution in [3.63, 3.8) is 0 Å². The number of nitrogens with one attached hydrogen (secondary N) is 1. The quantitative estimate of drug-likeness (QED) is 0.653. The molecule has 0 spiro atoms. The van der Waals surface area contributed by atoms with E-state index in [1.165, 1.54) is 0 Å². The van der Waals surface area contributed by atoms with E-state index in [1.54, 1.807) is 29.5 Å². The van der Waals surface area contributed by atoms with E-state index in [4.69, 9.17) is 5.84 Å². The molecule has 0 bridgehead atoms. The van der Waals surface area contributed by atoms with Gasteiger partial charge >= 0.3 is 0 Å². The fraction of sp³-hybridized carbons (Fsp3) is 0.357. The topological polar surface area (TPSA) is 84.1 Å². The van der Waals surface area contributed by atoms with Crippen molar-refractivity contribution in [3.8, 4) is 0 Å². The molecule has 6 nitrogen and oxygen atoms in total. The molecule has 0 aliphatic heterocycles. The highest BCUT2D eigenvalue weighted by Crippen LogP contribution is 2.18. The van der Waals surface area contributed by atoms with Crippen molar-refractivity contribution in [2.24, 2.45) is 5.84 Å². The Morgan fingerprint density at radius 3 is 2.86 bits per heavy atom. The second-order valence-electron chi connectivity index (χ2n) is 5.08. The summed E-state index contributed by atoms with van der Waals surface area (Å²) in [4.78, 5) is 22.7. The third kappa shape index (κ3) is 3.56. The number of nitrogens with two attached hydrogens (primary N) is 1. The predicted molar refractivity (Wildman–Crippen MR) is 84.0 cm³/mol. The van der Waals surface area contributed by atoms with Crippen LogP contribution in [-0.4, -0.2) is 27.8 Å². The van der Waals surface area contributed by atoms with Gasteiger partial charge < -0.3 is 10.3 Å². The Kier molecular flexibility index (Phi) is 4.87. The summed E-state index contributed by atoms with van der Waals surface area (Å²) < 4.78 is 0. The lowest BCUT2D eigenvalue weighted by atomic mass is 10.2. The highest BCUT2D eigenvalue weighted by Gasteiger charge is 2.20. The van der Waals surface area contributed by atoms with Gasteiger partial charge in [0.15, 0.2) is 5.69 Å². The average molecular weight is 305 g/mol. The summed E-state index contributed by atoms with van der Waals surface area (Å²) in [6, 6.07) is 2.00. The monoisotopic (exact) mass is 305 g/mol. The van der Waals surface area contributed by atoms with Gasteiger partial charge in [-0.2, -0.15) is 11.3 Å². The summed E-state index contributed by atoms with van der Waals surface area (Å²) in [5.41, 5.74) is 4.31. The Labute approximate surface area is 128 Å². The van der Waals surface area contributed by atoms with Crippen molar-refractivity contribution < 1.29 is 4.79 Å². The van der Waals surface area contributed by atoms with Gasteiger partial charge in [0.05, 0.1) is 11.9 Å². The summed E-state index contributed by atoms with van der Waals surface area (Å²) in [6.07, 6.45) is 1.55. The highest BCUT2D eigenvalue weighted by atomic mass is 32.1. The van der Waals surface area contributed by atoms with E-state index in [0.29, 0.717) is 23.8 Å². The minimum absolute atomic E-state index is 0.144. The summed E-state index contributed by atoms with van der Waals surface area (Å²) in [5, 5.41) is 4.01. The first-order valence-electron chi connectivity index (χ1n) is 6.63. The molecule has 2 aromatic heterocycles. The Morgan fingerprint density at radius 1 is 1.52 bits per heavy atom. The van der Waals surface area contributed by atoms with Crippen molar-refractivity contribution in [2.75, 3.05) is 12.5 Å². The second kappa shape index (κ2) is 6.64. The van der Waals surface area contributed by atoms with Crippen LogP contribution in [0.3, 0.4) is 0 Å². The van der Waals surface area contributed by atoms with Gasteiger partial charge in [-0.1, -0.05) is 13.8 Å². The third-order valence-electron chi connectivity index (χ3n) is 3.03. The number of hydrogen-bond acceptors (Lipinski definition) is 6. The molecule has 21 heavy (non-hydrogen) atoms. The van der Waals surface area contributed by atoms with Crippen LogP contribution in [-0.2, 0) is 6.54 Å². The zero-order valence-corrected chi connectivity index (χ0v) is 13.1. The fourth-order valence-electron chi connectivity index (χ4n) is 1.85. The summed E-state index contributed by atoms with van der Waals surface area (Å²) in [6.45, 7) is 4.50. The van der Waals surface area contributed by atoms with Crippen LogP contribution in [0, 0.1) is 0 Å². The first-order chi connectivity index (χ1) is 10.0. The maximum Gasteiger partial charge on any atom is 0.274 e. The van der Waals surface area contributed by atoms with Gasteiger partial charge in [0.25, 0.3) is 5.91 Å². The molecule has 0 aromatic carbocycles. The summed E-state index contributed by atoms with van der Waals surface area (Å²) in [7, 11) is 1.75. The number of rotatable bonds is 5. The number of hydrazine groups is 1. The van der Waals surface area contributed by atoms with E-state index in [9.17, 15) is 4.79 Å². The maximum atomic E-state index is 12.6. The van der Waals surface area contributed by atoms with Gasteiger partial charge in [-0.05, 0) is 22.4 Å². The number of nitrogen functional groups attached to an aromatic ring is 1. The summed E-state index contributed by atoms with van der Waals surface area (Å²) in [5.74, 6) is 6.04. The smallest absolute Gasteiger partial charge is 0.274 e. The van der Waals surface area contributed by atoms with Crippen molar-refractivity contribution in [3.05, 3.63) is 40.1 Å². The third-order valence-corrected chi connectivity index (χ3v) is 3.76. The minimum Gasteiger partial charge on any atom is -0.336 e. The Hall–Kier alpha value is -1.99. The van der Waals surface area contributed by atoms with E-state index in [2.05, 4.69) is 15.4 Å². The molecule has 0 unspecified atom stereocenters. The molecule has 112 valence electrons. The molecular weight excluding hydrogens is 286 g/mol. The lowest BCUT2D eigenvalue weighted by molar-refractivity contribution is 0.0780. The molecule has 2 aromatic rings.